The zero-order valence-corrected chi connectivity index (χ0v) is 10.9. The molecule has 100 valence electrons. The molecule has 2 rings (SSSR count). The second-order valence-electron chi connectivity index (χ2n) is 5.11. The van der Waals surface area contributed by atoms with E-state index in [0.29, 0.717) is 5.92 Å². The van der Waals surface area contributed by atoms with Gasteiger partial charge in [0, 0.05) is 24.7 Å². The molecule has 4 heteroatoms. The van der Waals surface area contributed by atoms with E-state index in [1.165, 1.54) is 18.9 Å². The van der Waals surface area contributed by atoms with Crippen molar-refractivity contribution in [2.24, 2.45) is 5.92 Å². The monoisotopic (exact) mass is 250 g/mol. The van der Waals surface area contributed by atoms with Gasteiger partial charge >= 0.3 is 0 Å². The lowest BCUT2D eigenvalue weighted by Crippen LogP contribution is -2.38. The largest absolute Gasteiger partial charge is 0.508 e. The quantitative estimate of drug-likeness (QED) is 0.758. The summed E-state index contributed by atoms with van der Waals surface area (Å²) < 4.78 is 0. The molecule has 1 aromatic rings. The molecular weight excluding hydrogens is 228 g/mol. The van der Waals surface area contributed by atoms with Crippen molar-refractivity contribution in [3.8, 4) is 11.5 Å². The number of hydrogen-bond acceptors (Lipinski definition) is 4. The van der Waals surface area contributed by atoms with Gasteiger partial charge in [-0.05, 0) is 45.0 Å². The van der Waals surface area contributed by atoms with Gasteiger partial charge in [-0.1, -0.05) is 6.07 Å². The van der Waals surface area contributed by atoms with E-state index in [9.17, 15) is 10.2 Å². The van der Waals surface area contributed by atoms with Crippen molar-refractivity contribution in [1.82, 2.24) is 10.2 Å². The summed E-state index contributed by atoms with van der Waals surface area (Å²) in [6.45, 7) is 3.96. The molecule has 0 amide bonds. The molecule has 0 saturated carbocycles. The molecule has 1 unspecified atom stereocenters. The maximum absolute atomic E-state index is 9.79. The number of phenolic OH excluding ortho intramolecular Hbond substituents is 2. The molecule has 0 bridgehead atoms. The number of aromatic hydroxyl groups is 2. The molecule has 1 fully saturated rings. The Balaban J connectivity index is 1.96. The van der Waals surface area contributed by atoms with Gasteiger partial charge in [-0.25, -0.2) is 0 Å². The summed E-state index contributed by atoms with van der Waals surface area (Å²) in [4.78, 5) is 2.37. The highest BCUT2D eigenvalue weighted by molar-refractivity contribution is 5.38. The number of hydrogen-bond donors (Lipinski definition) is 3. The summed E-state index contributed by atoms with van der Waals surface area (Å²) >= 11 is 0. The summed E-state index contributed by atoms with van der Waals surface area (Å²) in [5, 5.41) is 22.3. The highest BCUT2D eigenvalue weighted by Gasteiger charge is 2.20. The van der Waals surface area contributed by atoms with Gasteiger partial charge in [-0.3, -0.25) is 4.90 Å². The van der Waals surface area contributed by atoms with Crippen molar-refractivity contribution in [2.75, 3.05) is 26.7 Å². The molecule has 1 heterocycles. The fraction of sp³-hybridized carbons (Fsp3) is 0.571. The SMILES string of the molecule is CNCC1CCCN(Cc2ccc(O)cc2O)C1. The first-order valence-electron chi connectivity index (χ1n) is 6.57. The van der Waals surface area contributed by atoms with E-state index in [0.717, 1.165) is 31.7 Å². The Hall–Kier alpha value is -1.26. The van der Waals surface area contributed by atoms with Crippen LogP contribution in [-0.2, 0) is 6.54 Å². The molecule has 1 saturated heterocycles. The Bertz CT molecular complexity index is 393. The molecule has 1 atom stereocenters. The van der Waals surface area contributed by atoms with Crippen molar-refractivity contribution < 1.29 is 10.2 Å². The van der Waals surface area contributed by atoms with Crippen LogP contribution in [0.15, 0.2) is 18.2 Å². The minimum Gasteiger partial charge on any atom is -0.508 e. The van der Waals surface area contributed by atoms with Gasteiger partial charge in [0.1, 0.15) is 11.5 Å². The van der Waals surface area contributed by atoms with Gasteiger partial charge in [0.15, 0.2) is 0 Å². The van der Waals surface area contributed by atoms with Crippen LogP contribution in [-0.4, -0.2) is 41.8 Å². The maximum Gasteiger partial charge on any atom is 0.123 e. The van der Waals surface area contributed by atoms with Crippen LogP contribution in [0.4, 0.5) is 0 Å². The van der Waals surface area contributed by atoms with E-state index in [1.807, 2.05) is 7.05 Å². The third-order valence-electron chi connectivity index (χ3n) is 3.56. The smallest absolute Gasteiger partial charge is 0.123 e. The topological polar surface area (TPSA) is 55.7 Å². The Morgan fingerprint density at radius 1 is 1.39 bits per heavy atom. The third-order valence-corrected chi connectivity index (χ3v) is 3.56. The lowest BCUT2D eigenvalue weighted by atomic mass is 9.97. The summed E-state index contributed by atoms with van der Waals surface area (Å²) in [7, 11) is 1.99. The van der Waals surface area contributed by atoms with Crippen LogP contribution < -0.4 is 5.32 Å². The van der Waals surface area contributed by atoms with Crippen LogP contribution in [0.1, 0.15) is 18.4 Å². The van der Waals surface area contributed by atoms with Crippen LogP contribution >= 0.6 is 0 Å². The van der Waals surface area contributed by atoms with Crippen LogP contribution in [0.2, 0.25) is 0 Å². The number of rotatable bonds is 4. The average Bonchev–Trinajstić information content (AvgIpc) is 2.34. The molecule has 0 spiro atoms. The van der Waals surface area contributed by atoms with E-state index in [-0.39, 0.29) is 11.5 Å². The van der Waals surface area contributed by atoms with Crippen molar-refractivity contribution in [2.45, 2.75) is 19.4 Å². The van der Waals surface area contributed by atoms with Gasteiger partial charge in [0.05, 0.1) is 0 Å². The van der Waals surface area contributed by atoms with Crippen molar-refractivity contribution in [1.29, 1.82) is 0 Å². The number of phenols is 2. The Labute approximate surface area is 108 Å². The van der Waals surface area contributed by atoms with Gasteiger partial charge in [-0.2, -0.15) is 0 Å². The molecule has 18 heavy (non-hydrogen) atoms. The number of nitrogens with zero attached hydrogens (tertiary/aromatic N) is 1. The van der Waals surface area contributed by atoms with Crippen molar-refractivity contribution in [3.63, 3.8) is 0 Å². The molecule has 3 N–H and O–H groups in total. The highest BCUT2D eigenvalue weighted by atomic mass is 16.3. The predicted molar refractivity (Wildman–Crippen MR) is 71.7 cm³/mol. The minimum atomic E-state index is 0.114. The predicted octanol–water partition coefficient (Wildman–Crippen LogP) is 1.53. The van der Waals surface area contributed by atoms with Crippen LogP contribution in [0, 0.1) is 5.92 Å². The zero-order chi connectivity index (χ0) is 13.0. The number of nitrogens with one attached hydrogen (secondary N) is 1. The second-order valence-corrected chi connectivity index (χ2v) is 5.11. The van der Waals surface area contributed by atoms with E-state index >= 15 is 0 Å². The fourth-order valence-electron chi connectivity index (χ4n) is 2.68. The number of piperidine rings is 1. The van der Waals surface area contributed by atoms with E-state index in [2.05, 4.69) is 10.2 Å². The Morgan fingerprint density at radius 2 is 2.22 bits per heavy atom. The molecule has 0 radical (unpaired) electrons. The fourth-order valence-corrected chi connectivity index (χ4v) is 2.68. The molecule has 1 aromatic carbocycles. The number of benzene rings is 1. The first-order chi connectivity index (χ1) is 8.69. The highest BCUT2D eigenvalue weighted by Crippen LogP contribution is 2.25. The first kappa shape index (κ1) is 13.2. The first-order valence-corrected chi connectivity index (χ1v) is 6.57. The van der Waals surface area contributed by atoms with Gasteiger partial charge < -0.3 is 15.5 Å². The standard InChI is InChI=1S/C14H22N2O2/c1-15-8-11-3-2-6-16(9-11)10-12-4-5-13(17)7-14(12)18/h4-5,7,11,15,17-18H,2-3,6,8-10H2,1H3. The summed E-state index contributed by atoms with van der Waals surface area (Å²) in [6, 6.07) is 4.83. The van der Waals surface area contributed by atoms with Crippen LogP contribution in [0.25, 0.3) is 0 Å². The maximum atomic E-state index is 9.79. The van der Waals surface area contributed by atoms with E-state index in [4.69, 9.17) is 0 Å². The molecule has 4 nitrogen and oxygen atoms in total. The molecule has 1 aliphatic rings. The third kappa shape index (κ3) is 3.37. The number of likely N-dealkylation sites (tertiary alicyclic amines) is 1. The molecule has 0 aliphatic carbocycles. The van der Waals surface area contributed by atoms with Gasteiger partial charge in [0.25, 0.3) is 0 Å². The van der Waals surface area contributed by atoms with E-state index in [1.54, 1.807) is 12.1 Å². The van der Waals surface area contributed by atoms with Crippen molar-refractivity contribution >= 4 is 0 Å². The normalized spacial score (nSPS) is 21.1. The van der Waals surface area contributed by atoms with Crippen molar-refractivity contribution in [3.05, 3.63) is 23.8 Å². The molecular formula is C14H22N2O2. The summed E-state index contributed by atoms with van der Waals surface area (Å²) in [5.74, 6) is 0.997. The van der Waals surface area contributed by atoms with Gasteiger partial charge in [-0.15, -0.1) is 0 Å². The lowest BCUT2D eigenvalue weighted by molar-refractivity contribution is 0.165. The van der Waals surface area contributed by atoms with Gasteiger partial charge in [0.2, 0.25) is 0 Å². The van der Waals surface area contributed by atoms with Crippen LogP contribution in [0.3, 0.4) is 0 Å². The zero-order valence-electron chi connectivity index (χ0n) is 10.9. The minimum absolute atomic E-state index is 0.114. The Morgan fingerprint density at radius 3 is 2.94 bits per heavy atom. The summed E-state index contributed by atoms with van der Waals surface area (Å²) in [6.07, 6.45) is 2.49. The van der Waals surface area contributed by atoms with E-state index < -0.39 is 0 Å². The Kier molecular flexibility index (Phi) is 4.44. The second kappa shape index (κ2) is 6.07. The van der Waals surface area contributed by atoms with Crippen LogP contribution in [0.5, 0.6) is 11.5 Å². The average molecular weight is 250 g/mol. The molecule has 1 aliphatic heterocycles. The lowest BCUT2D eigenvalue weighted by Gasteiger charge is -2.32. The summed E-state index contributed by atoms with van der Waals surface area (Å²) in [5.41, 5.74) is 0.887. The molecule has 0 aromatic heterocycles.